The Labute approximate surface area is 164 Å². The first kappa shape index (κ1) is 18.7. The maximum atomic E-state index is 13.3. The minimum Gasteiger partial charge on any atom is -0.349 e. The van der Waals surface area contributed by atoms with Crippen molar-refractivity contribution in [3.05, 3.63) is 60.7 Å². The number of amides is 1. The Kier molecular flexibility index (Phi) is 4.89. The van der Waals surface area contributed by atoms with Crippen molar-refractivity contribution in [1.82, 2.24) is 4.90 Å². The number of hydrogen-bond donors (Lipinski definition) is 0. The SMILES string of the molecule is CN(C)C(=O)[C@@H]1C(P(c2ccccc2)c2ccccc2)CC2CC1C2(C)C. The molecular weight excluding hydrogens is 349 g/mol. The van der Waals surface area contributed by atoms with Crippen LogP contribution in [0.15, 0.2) is 60.7 Å². The Balaban J connectivity index is 1.80. The molecule has 3 saturated carbocycles. The monoisotopic (exact) mass is 379 g/mol. The van der Waals surface area contributed by atoms with Crippen molar-refractivity contribution in [3.63, 3.8) is 0 Å². The second-order valence-corrected chi connectivity index (χ2v) is 11.4. The lowest BCUT2D eigenvalue weighted by Crippen LogP contribution is -2.61. The van der Waals surface area contributed by atoms with Crippen molar-refractivity contribution in [3.8, 4) is 0 Å². The number of fused-ring (bicyclic) bond motifs is 2. The third kappa shape index (κ3) is 3.13. The smallest absolute Gasteiger partial charge is 0.226 e. The van der Waals surface area contributed by atoms with Crippen molar-refractivity contribution in [2.75, 3.05) is 14.1 Å². The quantitative estimate of drug-likeness (QED) is 0.727. The van der Waals surface area contributed by atoms with E-state index >= 15 is 0 Å². The third-order valence-electron chi connectivity index (χ3n) is 7.05. The third-order valence-corrected chi connectivity index (χ3v) is 9.95. The number of nitrogens with zero attached hydrogens (tertiary/aromatic N) is 1. The Bertz CT molecular complexity index is 762. The molecule has 2 nitrogen and oxygen atoms in total. The zero-order valence-electron chi connectivity index (χ0n) is 16.8. The van der Waals surface area contributed by atoms with Gasteiger partial charge in [0.05, 0.1) is 0 Å². The molecule has 3 unspecified atom stereocenters. The predicted octanol–water partition coefficient (Wildman–Crippen LogP) is 4.26. The molecule has 4 atom stereocenters. The molecule has 2 aromatic carbocycles. The van der Waals surface area contributed by atoms with E-state index in [0.717, 1.165) is 5.92 Å². The number of rotatable bonds is 4. The van der Waals surface area contributed by atoms with E-state index in [-0.39, 0.29) is 5.92 Å². The highest BCUT2D eigenvalue weighted by Crippen LogP contribution is 2.66. The van der Waals surface area contributed by atoms with E-state index in [2.05, 4.69) is 74.5 Å². The summed E-state index contributed by atoms with van der Waals surface area (Å²) >= 11 is 0. The topological polar surface area (TPSA) is 20.3 Å². The number of benzene rings is 2. The zero-order chi connectivity index (χ0) is 19.2. The van der Waals surface area contributed by atoms with Gasteiger partial charge in [0.2, 0.25) is 5.91 Å². The minimum absolute atomic E-state index is 0.131. The standard InChI is InChI=1S/C24H30NOP/c1-24(2)17-15-20(24)22(23(26)25(3)4)21(16-17)27(18-11-7-5-8-12-18)19-13-9-6-10-14-19/h5-14,17,20-22H,15-16H2,1-4H3/t17?,20?,21?,22-/m0/s1. The molecule has 0 heterocycles. The van der Waals surface area contributed by atoms with Crippen molar-refractivity contribution in [1.29, 1.82) is 0 Å². The largest absolute Gasteiger partial charge is 0.349 e. The van der Waals surface area contributed by atoms with Gasteiger partial charge in [0, 0.05) is 20.0 Å². The molecule has 2 bridgehead atoms. The van der Waals surface area contributed by atoms with Crippen LogP contribution in [-0.2, 0) is 4.79 Å². The van der Waals surface area contributed by atoms with Gasteiger partial charge in [-0.05, 0) is 54.3 Å². The van der Waals surface area contributed by atoms with Gasteiger partial charge in [-0.3, -0.25) is 4.79 Å². The summed E-state index contributed by atoms with van der Waals surface area (Å²) in [4.78, 5) is 15.2. The van der Waals surface area contributed by atoms with Crippen LogP contribution in [0.25, 0.3) is 0 Å². The maximum absolute atomic E-state index is 13.3. The summed E-state index contributed by atoms with van der Waals surface area (Å²) in [6.07, 6.45) is 2.39. The van der Waals surface area contributed by atoms with Crippen LogP contribution in [0.4, 0.5) is 0 Å². The summed E-state index contributed by atoms with van der Waals surface area (Å²) in [7, 11) is 3.29. The van der Waals surface area contributed by atoms with Gasteiger partial charge in [0.15, 0.2) is 0 Å². The normalized spacial score (nSPS) is 28.5. The van der Waals surface area contributed by atoms with Crippen molar-refractivity contribution in [2.24, 2.45) is 23.2 Å². The van der Waals surface area contributed by atoms with Gasteiger partial charge >= 0.3 is 0 Å². The van der Waals surface area contributed by atoms with Gasteiger partial charge < -0.3 is 4.90 Å². The van der Waals surface area contributed by atoms with Crippen LogP contribution in [-0.4, -0.2) is 30.6 Å². The molecule has 3 aliphatic carbocycles. The van der Waals surface area contributed by atoms with E-state index in [1.807, 2.05) is 19.0 Å². The number of carbonyl (C=O) groups excluding carboxylic acids is 1. The molecule has 0 saturated heterocycles. The van der Waals surface area contributed by atoms with Crippen molar-refractivity contribution in [2.45, 2.75) is 32.3 Å². The van der Waals surface area contributed by atoms with Crippen LogP contribution in [0, 0.1) is 23.2 Å². The molecule has 142 valence electrons. The fourth-order valence-corrected chi connectivity index (χ4v) is 8.55. The molecule has 0 aliphatic heterocycles. The lowest BCUT2D eigenvalue weighted by Gasteiger charge is -2.63. The minimum atomic E-state index is -0.551. The van der Waals surface area contributed by atoms with Crippen molar-refractivity contribution < 1.29 is 4.79 Å². The van der Waals surface area contributed by atoms with E-state index in [0.29, 0.717) is 22.9 Å². The highest BCUT2D eigenvalue weighted by Gasteiger charge is 2.61. The zero-order valence-corrected chi connectivity index (χ0v) is 17.7. The molecule has 0 spiro atoms. The fraction of sp³-hybridized carbons (Fsp3) is 0.458. The second-order valence-electron chi connectivity index (χ2n) is 8.96. The van der Waals surface area contributed by atoms with Gasteiger partial charge in [0.25, 0.3) is 0 Å². The average Bonchev–Trinajstić information content (AvgIpc) is 2.69. The first-order chi connectivity index (χ1) is 12.9. The van der Waals surface area contributed by atoms with Gasteiger partial charge in [0.1, 0.15) is 0 Å². The number of hydrogen-bond acceptors (Lipinski definition) is 1. The Hall–Kier alpha value is -1.66. The van der Waals surface area contributed by atoms with Gasteiger partial charge in [-0.25, -0.2) is 0 Å². The van der Waals surface area contributed by atoms with E-state index in [4.69, 9.17) is 0 Å². The molecule has 0 N–H and O–H groups in total. The molecule has 27 heavy (non-hydrogen) atoms. The molecule has 1 amide bonds. The van der Waals surface area contributed by atoms with E-state index in [1.165, 1.54) is 23.5 Å². The molecule has 5 rings (SSSR count). The summed E-state index contributed by atoms with van der Waals surface area (Å²) in [5.74, 6) is 1.71. The first-order valence-corrected chi connectivity index (χ1v) is 11.4. The van der Waals surface area contributed by atoms with E-state index < -0.39 is 7.92 Å². The summed E-state index contributed by atoms with van der Waals surface area (Å²) in [6.45, 7) is 4.76. The predicted molar refractivity (Wildman–Crippen MR) is 115 cm³/mol. The Morgan fingerprint density at radius 3 is 1.89 bits per heavy atom. The second kappa shape index (κ2) is 7.06. The van der Waals surface area contributed by atoms with Crippen LogP contribution in [0.1, 0.15) is 26.7 Å². The molecule has 0 radical (unpaired) electrons. The van der Waals surface area contributed by atoms with Crippen LogP contribution in [0.2, 0.25) is 0 Å². The molecule has 3 aliphatic rings. The lowest BCUT2D eigenvalue weighted by molar-refractivity contribution is -0.154. The summed E-state index contributed by atoms with van der Waals surface area (Å²) in [5.41, 5.74) is 0.720. The molecule has 0 aromatic heterocycles. The fourth-order valence-electron chi connectivity index (χ4n) is 5.38. The first-order valence-electron chi connectivity index (χ1n) is 10.0. The highest BCUT2D eigenvalue weighted by molar-refractivity contribution is 7.73. The highest BCUT2D eigenvalue weighted by atomic mass is 31.1. The van der Waals surface area contributed by atoms with Gasteiger partial charge in [-0.2, -0.15) is 0 Å². The van der Waals surface area contributed by atoms with Crippen molar-refractivity contribution >= 4 is 24.4 Å². The Morgan fingerprint density at radius 2 is 1.44 bits per heavy atom. The van der Waals surface area contributed by atoms with Gasteiger partial charge in [-0.1, -0.05) is 74.5 Å². The maximum Gasteiger partial charge on any atom is 0.226 e. The number of carbonyl (C=O) groups is 1. The summed E-state index contributed by atoms with van der Waals surface area (Å²) in [6, 6.07) is 21.8. The Morgan fingerprint density at radius 1 is 0.926 bits per heavy atom. The average molecular weight is 379 g/mol. The summed E-state index contributed by atoms with van der Waals surface area (Å²) < 4.78 is 0. The molecule has 3 heteroatoms. The molecule has 3 fully saturated rings. The molecule has 2 aromatic rings. The van der Waals surface area contributed by atoms with Crippen LogP contribution in [0.3, 0.4) is 0 Å². The summed E-state index contributed by atoms with van der Waals surface area (Å²) in [5, 5.41) is 2.80. The van der Waals surface area contributed by atoms with E-state index in [9.17, 15) is 4.79 Å². The van der Waals surface area contributed by atoms with Crippen LogP contribution >= 0.6 is 7.92 Å². The van der Waals surface area contributed by atoms with Gasteiger partial charge in [-0.15, -0.1) is 0 Å². The van der Waals surface area contributed by atoms with E-state index in [1.54, 1.807) is 0 Å². The lowest BCUT2D eigenvalue weighted by atomic mass is 9.45. The molecular formula is C24H30NOP. The van der Waals surface area contributed by atoms with Crippen LogP contribution < -0.4 is 10.6 Å². The van der Waals surface area contributed by atoms with Crippen LogP contribution in [0.5, 0.6) is 0 Å².